The highest BCUT2D eigenvalue weighted by Crippen LogP contribution is 2.30. The summed E-state index contributed by atoms with van der Waals surface area (Å²) in [6.07, 6.45) is 0.355. The van der Waals surface area contributed by atoms with Crippen molar-refractivity contribution in [1.29, 1.82) is 0 Å². The maximum atomic E-state index is 12.7. The topological polar surface area (TPSA) is 53.0 Å². The average molecular weight is 339 g/mol. The zero-order chi connectivity index (χ0) is 16.4. The van der Waals surface area contributed by atoms with E-state index in [9.17, 15) is 9.90 Å². The van der Waals surface area contributed by atoms with Crippen LogP contribution in [0.25, 0.3) is 0 Å². The first kappa shape index (κ1) is 16.6. The number of aliphatic hydroxyl groups excluding tert-OH is 1. The third kappa shape index (κ3) is 3.97. The van der Waals surface area contributed by atoms with Crippen molar-refractivity contribution in [1.82, 2.24) is 9.80 Å². The van der Waals surface area contributed by atoms with Crippen LogP contribution in [-0.2, 0) is 11.2 Å². The summed E-state index contributed by atoms with van der Waals surface area (Å²) in [6, 6.07) is 5.56. The van der Waals surface area contributed by atoms with Gasteiger partial charge >= 0.3 is 0 Å². The number of hydrogen-bond donors (Lipinski definition) is 1. The lowest BCUT2D eigenvalue weighted by Gasteiger charge is -2.37. The van der Waals surface area contributed by atoms with E-state index in [4.69, 9.17) is 16.3 Å². The van der Waals surface area contributed by atoms with Gasteiger partial charge in [-0.05, 0) is 37.1 Å². The number of ether oxygens (including phenoxy) is 1. The molecule has 0 radical (unpaired) electrons. The summed E-state index contributed by atoms with van der Waals surface area (Å²) in [5.41, 5.74) is 1.01. The van der Waals surface area contributed by atoms with Crippen LogP contribution in [0.5, 0.6) is 5.75 Å². The first-order valence-corrected chi connectivity index (χ1v) is 8.51. The van der Waals surface area contributed by atoms with Crippen molar-refractivity contribution in [3.05, 3.63) is 28.8 Å². The van der Waals surface area contributed by atoms with E-state index in [0.29, 0.717) is 37.7 Å². The van der Waals surface area contributed by atoms with Crippen LogP contribution in [0.1, 0.15) is 12.5 Å². The van der Waals surface area contributed by atoms with E-state index < -0.39 is 0 Å². The van der Waals surface area contributed by atoms with Crippen molar-refractivity contribution in [3.8, 4) is 5.75 Å². The smallest absolute Gasteiger partial charge is 0.229 e. The monoisotopic (exact) mass is 338 g/mol. The first-order chi connectivity index (χ1) is 11.0. The molecular weight excluding hydrogens is 316 g/mol. The van der Waals surface area contributed by atoms with Gasteiger partial charge in [0.05, 0.1) is 12.0 Å². The molecule has 1 aromatic rings. The van der Waals surface area contributed by atoms with Crippen LogP contribution in [0.2, 0.25) is 5.02 Å². The van der Waals surface area contributed by atoms with E-state index in [0.717, 1.165) is 24.4 Å². The molecule has 1 N–H and O–H groups in total. The number of benzene rings is 1. The molecule has 1 amide bonds. The molecule has 0 aliphatic carbocycles. The number of amides is 1. The third-order valence-corrected chi connectivity index (χ3v) is 4.72. The number of rotatable bonds is 3. The molecule has 1 aromatic carbocycles. The molecular formula is C17H23ClN2O3. The molecule has 23 heavy (non-hydrogen) atoms. The average Bonchev–Trinajstić information content (AvgIpc) is 2.53. The fraction of sp³-hybridized carbons (Fsp3) is 0.588. The molecule has 0 spiro atoms. The zero-order valence-corrected chi connectivity index (χ0v) is 14.1. The van der Waals surface area contributed by atoms with Crippen LogP contribution >= 0.6 is 11.6 Å². The number of piperazine rings is 1. The minimum atomic E-state index is -0.328. The summed E-state index contributed by atoms with van der Waals surface area (Å²) in [6.45, 7) is 5.94. The molecule has 3 rings (SSSR count). The molecule has 2 heterocycles. The number of halogens is 1. The maximum Gasteiger partial charge on any atom is 0.229 e. The van der Waals surface area contributed by atoms with Crippen LogP contribution in [0.4, 0.5) is 0 Å². The number of aliphatic hydroxyl groups is 1. The van der Waals surface area contributed by atoms with Crippen molar-refractivity contribution >= 4 is 17.5 Å². The Bertz CT molecular complexity index is 571. The van der Waals surface area contributed by atoms with E-state index in [1.54, 1.807) is 6.92 Å². The van der Waals surface area contributed by atoms with E-state index >= 15 is 0 Å². The standard InChI is InChI=1S/C17H23ClN2O3/c1-12(21)10-19-4-6-20(7-5-19)17(22)14-8-13-9-15(18)2-3-16(13)23-11-14/h2-3,9,12,14,21H,4-8,10-11H2,1H3. The molecule has 1 saturated heterocycles. The number of fused-ring (bicyclic) bond motifs is 1. The lowest BCUT2D eigenvalue weighted by molar-refractivity contribution is -0.138. The maximum absolute atomic E-state index is 12.7. The Balaban J connectivity index is 1.57. The second-order valence-electron chi connectivity index (χ2n) is 6.44. The Labute approximate surface area is 141 Å². The van der Waals surface area contributed by atoms with Gasteiger partial charge in [0.2, 0.25) is 5.91 Å². The van der Waals surface area contributed by atoms with Crippen LogP contribution in [0, 0.1) is 5.92 Å². The molecule has 2 unspecified atom stereocenters. The molecule has 6 heteroatoms. The Morgan fingerprint density at radius 1 is 1.39 bits per heavy atom. The van der Waals surface area contributed by atoms with Crippen LogP contribution < -0.4 is 4.74 Å². The van der Waals surface area contributed by atoms with Gasteiger partial charge < -0.3 is 14.7 Å². The van der Waals surface area contributed by atoms with E-state index in [2.05, 4.69) is 4.90 Å². The van der Waals surface area contributed by atoms with Gasteiger partial charge in [0.1, 0.15) is 12.4 Å². The molecule has 126 valence electrons. The minimum Gasteiger partial charge on any atom is -0.492 e. The van der Waals surface area contributed by atoms with E-state index in [1.807, 2.05) is 23.1 Å². The van der Waals surface area contributed by atoms with Gasteiger partial charge in [-0.15, -0.1) is 0 Å². The van der Waals surface area contributed by atoms with Gasteiger partial charge in [-0.1, -0.05) is 11.6 Å². The SMILES string of the molecule is CC(O)CN1CCN(C(=O)C2COc3ccc(Cl)cc3C2)CC1. The molecule has 2 aliphatic heterocycles. The second-order valence-corrected chi connectivity index (χ2v) is 6.88. The summed E-state index contributed by atoms with van der Waals surface area (Å²) >= 11 is 6.03. The van der Waals surface area contributed by atoms with Gasteiger partial charge in [0, 0.05) is 37.7 Å². The lowest BCUT2D eigenvalue weighted by atomic mass is 9.95. The highest BCUT2D eigenvalue weighted by molar-refractivity contribution is 6.30. The summed E-state index contributed by atoms with van der Waals surface area (Å²) in [7, 11) is 0. The van der Waals surface area contributed by atoms with Gasteiger partial charge in [0.25, 0.3) is 0 Å². The number of nitrogens with zero attached hydrogens (tertiary/aromatic N) is 2. The summed E-state index contributed by atoms with van der Waals surface area (Å²) in [5.74, 6) is 0.858. The van der Waals surface area contributed by atoms with Gasteiger partial charge in [-0.3, -0.25) is 9.69 Å². The zero-order valence-electron chi connectivity index (χ0n) is 13.4. The molecule has 2 aliphatic rings. The highest BCUT2D eigenvalue weighted by atomic mass is 35.5. The molecule has 2 atom stereocenters. The molecule has 0 bridgehead atoms. The summed E-state index contributed by atoms with van der Waals surface area (Å²) in [5, 5.41) is 10.1. The third-order valence-electron chi connectivity index (χ3n) is 4.48. The molecule has 5 nitrogen and oxygen atoms in total. The summed E-state index contributed by atoms with van der Waals surface area (Å²) < 4.78 is 5.73. The van der Waals surface area contributed by atoms with Gasteiger partial charge in [-0.2, -0.15) is 0 Å². The fourth-order valence-corrected chi connectivity index (χ4v) is 3.50. The van der Waals surface area contributed by atoms with Crippen molar-refractivity contribution in [3.63, 3.8) is 0 Å². The Hall–Kier alpha value is -1.30. The van der Waals surface area contributed by atoms with Crippen molar-refractivity contribution in [2.75, 3.05) is 39.3 Å². The largest absolute Gasteiger partial charge is 0.492 e. The normalized spacial score (nSPS) is 23.1. The fourth-order valence-electron chi connectivity index (χ4n) is 3.30. The molecule has 1 fully saturated rings. The Kier molecular flexibility index (Phi) is 5.09. The van der Waals surface area contributed by atoms with E-state index in [1.165, 1.54) is 0 Å². The highest BCUT2D eigenvalue weighted by Gasteiger charge is 2.31. The number of β-amino-alcohol motifs (C(OH)–C–C–N with tert-alkyl or cyclic N) is 1. The van der Waals surface area contributed by atoms with Crippen molar-refractivity contribution in [2.24, 2.45) is 5.92 Å². The van der Waals surface area contributed by atoms with E-state index in [-0.39, 0.29) is 17.9 Å². The molecule has 0 aromatic heterocycles. The predicted octanol–water partition coefficient (Wildman–Crippen LogP) is 1.42. The second kappa shape index (κ2) is 7.07. The summed E-state index contributed by atoms with van der Waals surface area (Å²) in [4.78, 5) is 16.8. The van der Waals surface area contributed by atoms with Crippen molar-refractivity contribution < 1.29 is 14.6 Å². The quantitative estimate of drug-likeness (QED) is 0.905. The lowest BCUT2D eigenvalue weighted by Crippen LogP contribution is -2.52. The molecule has 0 saturated carbocycles. The Morgan fingerprint density at radius 2 is 2.13 bits per heavy atom. The Morgan fingerprint density at radius 3 is 2.83 bits per heavy atom. The van der Waals surface area contributed by atoms with Crippen LogP contribution in [0.15, 0.2) is 18.2 Å². The van der Waals surface area contributed by atoms with Crippen molar-refractivity contribution in [2.45, 2.75) is 19.4 Å². The first-order valence-electron chi connectivity index (χ1n) is 8.13. The predicted molar refractivity (Wildman–Crippen MR) is 88.8 cm³/mol. The van der Waals surface area contributed by atoms with Crippen LogP contribution in [-0.4, -0.2) is 66.2 Å². The van der Waals surface area contributed by atoms with Gasteiger partial charge in [-0.25, -0.2) is 0 Å². The number of carbonyl (C=O) groups excluding carboxylic acids is 1. The number of hydrogen-bond acceptors (Lipinski definition) is 4. The van der Waals surface area contributed by atoms with Gasteiger partial charge in [0.15, 0.2) is 0 Å². The minimum absolute atomic E-state index is 0.135. The number of carbonyl (C=O) groups is 1. The van der Waals surface area contributed by atoms with Crippen LogP contribution in [0.3, 0.4) is 0 Å².